The van der Waals surface area contributed by atoms with Gasteiger partial charge in [-0.05, 0) is 11.1 Å². The number of morpholine rings is 1. The summed E-state index contributed by atoms with van der Waals surface area (Å²) in [5.74, 6) is -0.301. The van der Waals surface area contributed by atoms with Gasteiger partial charge < -0.3 is 15.0 Å². The molecule has 0 saturated carbocycles. The highest BCUT2D eigenvalue weighted by Crippen LogP contribution is 2.29. The van der Waals surface area contributed by atoms with Gasteiger partial charge >= 0.3 is 0 Å². The van der Waals surface area contributed by atoms with Gasteiger partial charge in [0.2, 0.25) is 0 Å². The third-order valence-corrected chi connectivity index (χ3v) is 6.44. The van der Waals surface area contributed by atoms with E-state index in [1.165, 1.54) is 11.1 Å². The molecule has 2 fully saturated rings. The number of carbonyl (C=O) groups is 1. The normalized spacial score (nSPS) is 18.0. The van der Waals surface area contributed by atoms with Gasteiger partial charge in [-0.25, -0.2) is 0 Å². The number of nitriles is 1. The Bertz CT molecular complexity index is 936. The van der Waals surface area contributed by atoms with Gasteiger partial charge in [-0.15, -0.1) is 0 Å². The van der Waals surface area contributed by atoms with Crippen LogP contribution in [0.15, 0.2) is 72.4 Å². The summed E-state index contributed by atoms with van der Waals surface area (Å²) in [6, 6.07) is 23.4. The Morgan fingerprint density at radius 2 is 1.53 bits per heavy atom. The lowest BCUT2D eigenvalue weighted by atomic mass is 9.96. The van der Waals surface area contributed by atoms with Gasteiger partial charge in [0.25, 0.3) is 5.91 Å². The summed E-state index contributed by atoms with van der Waals surface area (Å²) in [7, 11) is 0. The molecule has 0 unspecified atom stereocenters. The van der Waals surface area contributed by atoms with Crippen LogP contribution in [-0.4, -0.2) is 86.2 Å². The van der Waals surface area contributed by atoms with Crippen molar-refractivity contribution in [2.45, 2.75) is 6.04 Å². The SMILES string of the molecule is N#C/C(=C/N1CCN(C(c2ccccc2)c2ccccc2)CC1)C(=O)NCCN1CCOCC1. The number of rotatable bonds is 8. The molecule has 0 bridgehead atoms. The Labute approximate surface area is 202 Å². The minimum absolute atomic E-state index is 0.165. The van der Waals surface area contributed by atoms with Crippen molar-refractivity contribution in [2.75, 3.05) is 65.6 Å². The smallest absolute Gasteiger partial charge is 0.263 e. The molecular weight excluding hydrogens is 426 g/mol. The first-order valence-electron chi connectivity index (χ1n) is 12.0. The number of ether oxygens (including phenoxy) is 1. The second kappa shape index (κ2) is 12.3. The molecule has 2 aliphatic rings. The molecule has 2 aromatic rings. The first kappa shape index (κ1) is 24.0. The minimum Gasteiger partial charge on any atom is -0.379 e. The summed E-state index contributed by atoms with van der Waals surface area (Å²) in [5.41, 5.74) is 2.71. The van der Waals surface area contributed by atoms with Crippen molar-refractivity contribution in [3.05, 3.63) is 83.6 Å². The molecule has 2 aromatic carbocycles. The maximum absolute atomic E-state index is 12.6. The topological polar surface area (TPSA) is 71.8 Å². The zero-order valence-electron chi connectivity index (χ0n) is 19.6. The number of hydrogen-bond donors (Lipinski definition) is 1. The second-order valence-corrected chi connectivity index (χ2v) is 8.66. The predicted molar refractivity (Wildman–Crippen MR) is 132 cm³/mol. The Morgan fingerprint density at radius 1 is 0.941 bits per heavy atom. The van der Waals surface area contributed by atoms with Crippen LogP contribution in [-0.2, 0) is 9.53 Å². The molecule has 0 spiro atoms. The lowest BCUT2D eigenvalue weighted by Crippen LogP contribution is -2.46. The van der Waals surface area contributed by atoms with Gasteiger partial charge in [0.15, 0.2) is 0 Å². The van der Waals surface area contributed by atoms with E-state index in [0.29, 0.717) is 6.54 Å². The average molecular weight is 460 g/mol. The maximum Gasteiger partial charge on any atom is 0.263 e. The van der Waals surface area contributed by atoms with Crippen LogP contribution < -0.4 is 5.32 Å². The Kier molecular flexibility index (Phi) is 8.69. The fourth-order valence-corrected chi connectivity index (χ4v) is 4.58. The molecule has 4 rings (SSSR count). The van der Waals surface area contributed by atoms with Crippen LogP contribution in [0.3, 0.4) is 0 Å². The third-order valence-electron chi connectivity index (χ3n) is 6.44. The van der Waals surface area contributed by atoms with E-state index in [0.717, 1.165) is 59.0 Å². The van der Waals surface area contributed by atoms with Crippen molar-refractivity contribution in [3.8, 4) is 6.07 Å². The standard InChI is InChI=1S/C27H33N5O2/c28-21-25(27(33)29-11-12-30-17-19-34-20-18-30)22-31-13-15-32(16-14-31)26(23-7-3-1-4-8-23)24-9-5-2-6-10-24/h1-10,22,26H,11-20H2,(H,29,33)/b25-22-. The average Bonchev–Trinajstić information content (AvgIpc) is 2.90. The number of nitrogens with zero attached hydrogens (tertiary/aromatic N) is 4. The molecule has 2 saturated heterocycles. The summed E-state index contributed by atoms with van der Waals surface area (Å²) in [6.45, 7) is 7.77. The number of benzene rings is 2. The van der Waals surface area contributed by atoms with Crippen LogP contribution >= 0.6 is 0 Å². The van der Waals surface area contributed by atoms with E-state index in [4.69, 9.17) is 4.74 Å². The first-order chi connectivity index (χ1) is 16.7. The number of nitrogens with one attached hydrogen (secondary N) is 1. The van der Waals surface area contributed by atoms with E-state index in [9.17, 15) is 10.1 Å². The predicted octanol–water partition coefficient (Wildman–Crippen LogP) is 2.25. The molecule has 34 heavy (non-hydrogen) atoms. The molecule has 7 heteroatoms. The Morgan fingerprint density at radius 3 is 2.09 bits per heavy atom. The van der Waals surface area contributed by atoms with E-state index in [-0.39, 0.29) is 17.5 Å². The molecular formula is C27H33N5O2. The van der Waals surface area contributed by atoms with E-state index in [1.807, 2.05) is 12.1 Å². The van der Waals surface area contributed by atoms with Crippen LogP contribution in [0.1, 0.15) is 17.2 Å². The maximum atomic E-state index is 12.6. The number of piperazine rings is 1. The molecule has 1 amide bonds. The number of amides is 1. The van der Waals surface area contributed by atoms with Crippen LogP contribution in [0.4, 0.5) is 0 Å². The summed E-state index contributed by atoms with van der Waals surface area (Å²) in [4.78, 5) is 19.4. The van der Waals surface area contributed by atoms with Crippen molar-refractivity contribution in [1.82, 2.24) is 20.0 Å². The highest BCUT2D eigenvalue weighted by Gasteiger charge is 2.26. The number of carbonyl (C=O) groups excluding carboxylic acids is 1. The molecule has 0 aliphatic carbocycles. The van der Waals surface area contributed by atoms with Crippen LogP contribution in [0.5, 0.6) is 0 Å². The summed E-state index contributed by atoms with van der Waals surface area (Å²) >= 11 is 0. The second-order valence-electron chi connectivity index (χ2n) is 8.66. The van der Waals surface area contributed by atoms with E-state index in [2.05, 4.69) is 74.6 Å². The Hall–Kier alpha value is -3.18. The third kappa shape index (κ3) is 6.45. The van der Waals surface area contributed by atoms with Crippen molar-refractivity contribution in [2.24, 2.45) is 0 Å². The van der Waals surface area contributed by atoms with Gasteiger partial charge in [-0.3, -0.25) is 14.6 Å². The van der Waals surface area contributed by atoms with Crippen molar-refractivity contribution < 1.29 is 9.53 Å². The minimum atomic E-state index is -0.301. The molecule has 0 aromatic heterocycles. The van der Waals surface area contributed by atoms with Crippen molar-refractivity contribution in [1.29, 1.82) is 5.26 Å². The van der Waals surface area contributed by atoms with E-state index < -0.39 is 0 Å². The van der Waals surface area contributed by atoms with E-state index >= 15 is 0 Å². The van der Waals surface area contributed by atoms with Crippen molar-refractivity contribution >= 4 is 5.91 Å². The summed E-state index contributed by atoms with van der Waals surface area (Å²) in [5, 5.41) is 12.5. The van der Waals surface area contributed by atoms with Gasteiger partial charge in [0.1, 0.15) is 11.6 Å². The van der Waals surface area contributed by atoms with Crippen LogP contribution in [0.25, 0.3) is 0 Å². The number of hydrogen-bond acceptors (Lipinski definition) is 6. The Balaban J connectivity index is 1.34. The zero-order valence-corrected chi connectivity index (χ0v) is 19.6. The molecule has 1 N–H and O–H groups in total. The first-order valence-corrected chi connectivity index (χ1v) is 12.0. The lowest BCUT2D eigenvalue weighted by molar-refractivity contribution is -0.117. The van der Waals surface area contributed by atoms with Crippen LogP contribution in [0.2, 0.25) is 0 Å². The largest absolute Gasteiger partial charge is 0.379 e. The van der Waals surface area contributed by atoms with Gasteiger partial charge in [-0.1, -0.05) is 60.7 Å². The van der Waals surface area contributed by atoms with Gasteiger partial charge in [0, 0.05) is 58.6 Å². The molecule has 2 aliphatic heterocycles. The molecule has 178 valence electrons. The van der Waals surface area contributed by atoms with Gasteiger partial charge in [-0.2, -0.15) is 5.26 Å². The highest BCUT2D eigenvalue weighted by atomic mass is 16.5. The van der Waals surface area contributed by atoms with E-state index in [1.54, 1.807) is 6.20 Å². The molecule has 2 heterocycles. The fourth-order valence-electron chi connectivity index (χ4n) is 4.58. The zero-order chi connectivity index (χ0) is 23.6. The van der Waals surface area contributed by atoms with Gasteiger partial charge in [0.05, 0.1) is 19.3 Å². The molecule has 0 atom stereocenters. The summed E-state index contributed by atoms with van der Waals surface area (Å²) in [6.07, 6.45) is 1.72. The molecule has 7 nitrogen and oxygen atoms in total. The van der Waals surface area contributed by atoms with Crippen LogP contribution in [0, 0.1) is 11.3 Å². The monoisotopic (exact) mass is 459 g/mol. The molecule has 0 radical (unpaired) electrons. The quantitative estimate of drug-likeness (QED) is 0.482. The highest BCUT2D eigenvalue weighted by molar-refractivity contribution is 5.97. The lowest BCUT2D eigenvalue weighted by Gasteiger charge is -2.39. The van der Waals surface area contributed by atoms with Crippen molar-refractivity contribution in [3.63, 3.8) is 0 Å². The summed E-state index contributed by atoms with van der Waals surface area (Å²) < 4.78 is 5.35. The fraction of sp³-hybridized carbons (Fsp3) is 0.407.